The number of hydrogen-bond acceptors (Lipinski definition) is 3. The zero-order valence-electron chi connectivity index (χ0n) is 11.0. The van der Waals surface area contributed by atoms with E-state index in [0.717, 1.165) is 16.5 Å². The van der Waals surface area contributed by atoms with E-state index in [-0.39, 0.29) is 5.91 Å². The predicted octanol–water partition coefficient (Wildman–Crippen LogP) is 2.41. The lowest BCUT2D eigenvalue weighted by atomic mass is 10.1. The topological polar surface area (TPSA) is 72.9 Å². The summed E-state index contributed by atoms with van der Waals surface area (Å²) in [7, 11) is 1.69. The molecular formula is C15H14N4O. The van der Waals surface area contributed by atoms with Crippen LogP contribution in [0.15, 0.2) is 48.7 Å². The lowest BCUT2D eigenvalue weighted by molar-refractivity contribution is 0.101. The molecule has 100 valence electrons. The van der Waals surface area contributed by atoms with Crippen LogP contribution in [0.2, 0.25) is 0 Å². The number of fused-ring (bicyclic) bond motifs is 1. The van der Waals surface area contributed by atoms with Gasteiger partial charge in [0.15, 0.2) is 0 Å². The number of carbonyl (C=O) groups is 1. The molecule has 0 atom stereocenters. The number of amides is 1. The van der Waals surface area contributed by atoms with Crippen LogP contribution in [-0.2, 0) is 7.05 Å². The Labute approximate surface area is 116 Å². The predicted molar refractivity (Wildman–Crippen MR) is 79.5 cm³/mol. The van der Waals surface area contributed by atoms with E-state index >= 15 is 0 Å². The second kappa shape index (κ2) is 4.70. The minimum Gasteiger partial charge on any atom is -0.396 e. The van der Waals surface area contributed by atoms with Crippen molar-refractivity contribution >= 4 is 28.1 Å². The maximum Gasteiger partial charge on any atom is 0.276 e. The van der Waals surface area contributed by atoms with Crippen LogP contribution < -0.4 is 11.1 Å². The molecule has 3 rings (SSSR count). The Bertz CT molecular complexity index is 772. The summed E-state index contributed by atoms with van der Waals surface area (Å²) in [6, 6.07) is 13.7. The molecule has 0 radical (unpaired) electrons. The Hall–Kier alpha value is -2.82. The number of benzene rings is 2. The van der Waals surface area contributed by atoms with Gasteiger partial charge in [0.1, 0.15) is 5.69 Å². The van der Waals surface area contributed by atoms with Crippen molar-refractivity contribution in [1.29, 1.82) is 0 Å². The molecule has 0 bridgehead atoms. The number of aryl methyl sites for hydroxylation is 1. The Kier molecular flexibility index (Phi) is 2.87. The molecule has 0 spiro atoms. The van der Waals surface area contributed by atoms with Crippen LogP contribution >= 0.6 is 0 Å². The molecule has 0 aliphatic rings. The molecule has 0 aliphatic carbocycles. The van der Waals surface area contributed by atoms with Gasteiger partial charge in [-0.1, -0.05) is 30.3 Å². The summed E-state index contributed by atoms with van der Waals surface area (Å²) in [5.74, 6) is -0.266. The van der Waals surface area contributed by atoms with Gasteiger partial charge in [-0.2, -0.15) is 5.10 Å². The first-order valence-electron chi connectivity index (χ1n) is 6.23. The third kappa shape index (κ3) is 2.09. The number of nitrogen functional groups attached to an aromatic ring is 1. The molecule has 5 heteroatoms. The lowest BCUT2D eigenvalue weighted by Gasteiger charge is -2.07. The van der Waals surface area contributed by atoms with Crippen molar-refractivity contribution in [2.24, 2.45) is 7.05 Å². The van der Waals surface area contributed by atoms with Crippen molar-refractivity contribution < 1.29 is 4.79 Å². The fraction of sp³-hybridized carbons (Fsp3) is 0.0667. The first kappa shape index (κ1) is 12.2. The molecule has 2 aromatic carbocycles. The summed E-state index contributed by atoms with van der Waals surface area (Å²) in [6.07, 6.45) is 1.47. The van der Waals surface area contributed by atoms with Gasteiger partial charge in [-0.05, 0) is 22.9 Å². The Balaban J connectivity index is 1.91. The number of hydrogen-bond donors (Lipinski definition) is 2. The van der Waals surface area contributed by atoms with Gasteiger partial charge in [0.25, 0.3) is 5.91 Å². The van der Waals surface area contributed by atoms with Crippen molar-refractivity contribution in [2.75, 3.05) is 11.1 Å². The summed E-state index contributed by atoms with van der Waals surface area (Å²) in [6.45, 7) is 0. The van der Waals surface area contributed by atoms with Crippen LogP contribution in [0.1, 0.15) is 10.5 Å². The van der Waals surface area contributed by atoms with Gasteiger partial charge in [-0.25, -0.2) is 0 Å². The Morgan fingerprint density at radius 1 is 1.20 bits per heavy atom. The average Bonchev–Trinajstić information content (AvgIpc) is 2.78. The van der Waals surface area contributed by atoms with Gasteiger partial charge in [0.2, 0.25) is 0 Å². The van der Waals surface area contributed by atoms with E-state index in [0.29, 0.717) is 11.4 Å². The van der Waals surface area contributed by atoms with Crippen LogP contribution in [0.25, 0.3) is 10.8 Å². The third-order valence-corrected chi connectivity index (χ3v) is 3.19. The molecule has 1 amide bonds. The van der Waals surface area contributed by atoms with Crippen molar-refractivity contribution in [3.8, 4) is 0 Å². The van der Waals surface area contributed by atoms with Crippen LogP contribution in [0.5, 0.6) is 0 Å². The van der Waals surface area contributed by atoms with Gasteiger partial charge < -0.3 is 11.1 Å². The van der Waals surface area contributed by atoms with Crippen LogP contribution in [0, 0.1) is 0 Å². The molecule has 0 aliphatic heterocycles. The van der Waals surface area contributed by atoms with Crippen LogP contribution in [0.4, 0.5) is 11.4 Å². The highest BCUT2D eigenvalue weighted by Gasteiger charge is 2.14. The van der Waals surface area contributed by atoms with E-state index in [1.807, 2.05) is 42.5 Å². The molecule has 0 unspecified atom stereocenters. The molecule has 5 nitrogen and oxygen atoms in total. The van der Waals surface area contributed by atoms with E-state index in [4.69, 9.17) is 5.73 Å². The normalized spacial score (nSPS) is 10.7. The number of aromatic nitrogens is 2. The van der Waals surface area contributed by atoms with E-state index in [2.05, 4.69) is 10.4 Å². The number of nitrogens with one attached hydrogen (secondary N) is 1. The zero-order chi connectivity index (χ0) is 14.1. The third-order valence-electron chi connectivity index (χ3n) is 3.19. The largest absolute Gasteiger partial charge is 0.396 e. The molecule has 0 fully saturated rings. The number of nitrogens with zero attached hydrogens (tertiary/aromatic N) is 2. The molecule has 1 heterocycles. The van der Waals surface area contributed by atoms with Crippen LogP contribution in [0.3, 0.4) is 0 Å². The Morgan fingerprint density at radius 2 is 1.95 bits per heavy atom. The molecular weight excluding hydrogens is 252 g/mol. The standard InChI is InChI=1S/C15H14N4O/c1-19-14(13(16)9-17-19)15(20)18-12-7-6-10-4-2-3-5-11(10)8-12/h2-9H,16H2,1H3,(H,18,20). The van der Waals surface area contributed by atoms with Gasteiger partial charge >= 0.3 is 0 Å². The zero-order valence-corrected chi connectivity index (χ0v) is 11.0. The highest BCUT2D eigenvalue weighted by atomic mass is 16.2. The summed E-state index contributed by atoms with van der Waals surface area (Å²) in [5, 5.41) is 9.00. The van der Waals surface area contributed by atoms with Crippen molar-refractivity contribution in [3.05, 3.63) is 54.4 Å². The number of carbonyl (C=O) groups excluding carboxylic acids is 1. The summed E-state index contributed by atoms with van der Waals surface area (Å²) >= 11 is 0. The fourth-order valence-corrected chi connectivity index (χ4v) is 2.19. The minimum atomic E-state index is -0.266. The summed E-state index contributed by atoms with van der Waals surface area (Å²) in [5.41, 5.74) is 7.20. The molecule has 1 aromatic heterocycles. The van der Waals surface area contributed by atoms with E-state index in [1.165, 1.54) is 10.9 Å². The second-order valence-corrected chi connectivity index (χ2v) is 4.59. The monoisotopic (exact) mass is 266 g/mol. The summed E-state index contributed by atoms with van der Waals surface area (Å²) in [4.78, 5) is 12.2. The molecule has 3 aromatic rings. The summed E-state index contributed by atoms with van der Waals surface area (Å²) < 4.78 is 1.46. The van der Waals surface area contributed by atoms with Gasteiger partial charge in [-0.3, -0.25) is 9.48 Å². The second-order valence-electron chi connectivity index (χ2n) is 4.59. The Morgan fingerprint density at radius 3 is 2.65 bits per heavy atom. The first-order chi connectivity index (χ1) is 9.65. The minimum absolute atomic E-state index is 0.266. The van der Waals surface area contributed by atoms with Gasteiger partial charge in [0, 0.05) is 12.7 Å². The molecule has 0 saturated carbocycles. The quantitative estimate of drug-likeness (QED) is 0.748. The van der Waals surface area contributed by atoms with Crippen LogP contribution in [-0.4, -0.2) is 15.7 Å². The first-order valence-corrected chi connectivity index (χ1v) is 6.23. The van der Waals surface area contributed by atoms with Crippen molar-refractivity contribution in [3.63, 3.8) is 0 Å². The lowest BCUT2D eigenvalue weighted by Crippen LogP contribution is -2.17. The maximum atomic E-state index is 12.2. The van der Waals surface area contributed by atoms with Crippen molar-refractivity contribution in [2.45, 2.75) is 0 Å². The fourth-order valence-electron chi connectivity index (χ4n) is 2.19. The van der Waals surface area contributed by atoms with Crippen molar-refractivity contribution in [1.82, 2.24) is 9.78 Å². The van der Waals surface area contributed by atoms with E-state index in [9.17, 15) is 4.79 Å². The molecule has 20 heavy (non-hydrogen) atoms. The molecule has 0 saturated heterocycles. The SMILES string of the molecule is Cn1ncc(N)c1C(=O)Nc1ccc2ccccc2c1. The number of nitrogens with two attached hydrogens (primary N) is 1. The number of anilines is 2. The smallest absolute Gasteiger partial charge is 0.276 e. The number of rotatable bonds is 2. The highest BCUT2D eigenvalue weighted by molar-refractivity contribution is 6.07. The highest BCUT2D eigenvalue weighted by Crippen LogP contribution is 2.20. The van der Waals surface area contributed by atoms with Gasteiger partial charge in [0.05, 0.1) is 11.9 Å². The molecule has 3 N–H and O–H groups in total. The van der Waals surface area contributed by atoms with Gasteiger partial charge in [-0.15, -0.1) is 0 Å². The average molecular weight is 266 g/mol. The van der Waals surface area contributed by atoms with E-state index < -0.39 is 0 Å². The maximum absolute atomic E-state index is 12.2. The van der Waals surface area contributed by atoms with E-state index in [1.54, 1.807) is 7.05 Å².